The molecule has 6 heteroatoms. The maximum atomic E-state index is 8.77. The molecule has 0 radical (unpaired) electrons. The molecular formula is C20H25Cl2NO3. The van der Waals surface area contributed by atoms with Crippen molar-refractivity contribution < 1.29 is 14.6 Å². The van der Waals surface area contributed by atoms with Crippen molar-refractivity contribution >= 4 is 23.2 Å². The molecule has 2 rings (SSSR count). The number of rotatable bonds is 11. The smallest absolute Gasteiger partial charge is 0.161 e. The minimum absolute atomic E-state index is 0.265. The highest BCUT2D eigenvalue weighted by Crippen LogP contribution is 2.29. The number of aliphatic hydroxyl groups is 1. The molecule has 0 bridgehead atoms. The molecule has 142 valence electrons. The molecule has 0 unspecified atom stereocenters. The maximum absolute atomic E-state index is 8.77. The van der Waals surface area contributed by atoms with E-state index in [2.05, 4.69) is 5.32 Å². The Kier molecular flexibility index (Phi) is 9.06. The molecule has 2 aromatic carbocycles. The second-order valence-corrected chi connectivity index (χ2v) is 6.80. The lowest BCUT2D eigenvalue weighted by atomic mass is 10.2. The summed E-state index contributed by atoms with van der Waals surface area (Å²) in [7, 11) is 1.63. The van der Waals surface area contributed by atoms with Crippen molar-refractivity contribution in [3.05, 3.63) is 57.6 Å². The van der Waals surface area contributed by atoms with E-state index >= 15 is 0 Å². The van der Waals surface area contributed by atoms with Gasteiger partial charge in [-0.1, -0.05) is 35.3 Å². The fourth-order valence-corrected chi connectivity index (χ4v) is 2.82. The maximum Gasteiger partial charge on any atom is 0.161 e. The summed E-state index contributed by atoms with van der Waals surface area (Å²) in [6.07, 6.45) is 2.96. The predicted molar refractivity (Wildman–Crippen MR) is 106 cm³/mol. The number of aliphatic hydroxyl groups excluding tert-OH is 1. The van der Waals surface area contributed by atoms with Gasteiger partial charge in [-0.2, -0.15) is 0 Å². The molecule has 0 spiro atoms. The molecule has 0 atom stereocenters. The van der Waals surface area contributed by atoms with Crippen LogP contribution in [-0.2, 0) is 13.2 Å². The van der Waals surface area contributed by atoms with Gasteiger partial charge in [0.25, 0.3) is 0 Å². The summed E-state index contributed by atoms with van der Waals surface area (Å²) in [5, 5.41) is 13.2. The second-order valence-electron chi connectivity index (χ2n) is 5.98. The molecule has 26 heavy (non-hydrogen) atoms. The van der Waals surface area contributed by atoms with Crippen LogP contribution in [0.3, 0.4) is 0 Å². The molecule has 0 aliphatic rings. The lowest BCUT2D eigenvalue weighted by molar-refractivity contribution is 0.282. The summed E-state index contributed by atoms with van der Waals surface area (Å²) in [5.74, 6) is 1.38. The molecule has 2 N–H and O–H groups in total. The zero-order chi connectivity index (χ0) is 18.8. The van der Waals surface area contributed by atoms with Gasteiger partial charge in [-0.3, -0.25) is 0 Å². The monoisotopic (exact) mass is 397 g/mol. The Bertz CT molecular complexity index is 695. The van der Waals surface area contributed by atoms with Gasteiger partial charge < -0.3 is 19.9 Å². The molecule has 0 saturated carbocycles. The quantitative estimate of drug-likeness (QED) is 0.532. The molecule has 0 aliphatic heterocycles. The number of nitrogens with one attached hydrogen (secondary N) is 1. The van der Waals surface area contributed by atoms with Crippen molar-refractivity contribution in [2.75, 3.05) is 20.3 Å². The number of ether oxygens (including phenoxy) is 2. The topological polar surface area (TPSA) is 50.7 Å². The Morgan fingerprint density at radius 2 is 1.73 bits per heavy atom. The molecular weight excluding hydrogens is 373 g/mol. The number of hydrogen-bond acceptors (Lipinski definition) is 4. The summed E-state index contributed by atoms with van der Waals surface area (Å²) in [4.78, 5) is 0. The van der Waals surface area contributed by atoms with E-state index < -0.39 is 0 Å². The van der Waals surface area contributed by atoms with Crippen LogP contribution in [-0.4, -0.2) is 25.4 Å². The van der Waals surface area contributed by atoms with Gasteiger partial charge in [-0.05, 0) is 61.2 Å². The van der Waals surface area contributed by atoms with Crippen LogP contribution in [0, 0.1) is 0 Å². The van der Waals surface area contributed by atoms with Gasteiger partial charge in [0, 0.05) is 13.2 Å². The molecule has 2 aromatic rings. The van der Waals surface area contributed by atoms with Crippen molar-refractivity contribution in [2.24, 2.45) is 0 Å². The van der Waals surface area contributed by atoms with Gasteiger partial charge in [0.2, 0.25) is 0 Å². The first-order valence-electron chi connectivity index (χ1n) is 8.69. The third kappa shape index (κ3) is 6.69. The number of methoxy groups -OCH3 is 1. The van der Waals surface area contributed by atoms with Crippen molar-refractivity contribution in [3.63, 3.8) is 0 Å². The van der Waals surface area contributed by atoms with Crippen molar-refractivity contribution in [1.82, 2.24) is 5.32 Å². The SMILES string of the molecule is COc1cc(CNCCCCCO)ccc1OCc1ccc(Cl)c(Cl)c1. The van der Waals surface area contributed by atoms with Crippen LogP contribution >= 0.6 is 23.2 Å². The van der Waals surface area contributed by atoms with E-state index in [-0.39, 0.29) is 6.61 Å². The van der Waals surface area contributed by atoms with E-state index in [1.165, 1.54) is 0 Å². The van der Waals surface area contributed by atoms with Crippen LogP contribution in [0.5, 0.6) is 11.5 Å². The van der Waals surface area contributed by atoms with Gasteiger partial charge in [0.15, 0.2) is 11.5 Å². The highest BCUT2D eigenvalue weighted by molar-refractivity contribution is 6.42. The number of halogens is 2. The van der Waals surface area contributed by atoms with Crippen LogP contribution in [0.1, 0.15) is 30.4 Å². The Morgan fingerprint density at radius 3 is 2.46 bits per heavy atom. The van der Waals surface area contributed by atoms with E-state index in [0.29, 0.717) is 28.2 Å². The lowest BCUT2D eigenvalue weighted by Gasteiger charge is -2.13. The van der Waals surface area contributed by atoms with Gasteiger partial charge in [-0.25, -0.2) is 0 Å². The van der Waals surface area contributed by atoms with E-state index in [9.17, 15) is 0 Å². The average molecular weight is 398 g/mol. The van der Waals surface area contributed by atoms with Gasteiger partial charge in [0.05, 0.1) is 17.2 Å². The Hall–Kier alpha value is -1.46. The average Bonchev–Trinajstić information content (AvgIpc) is 2.66. The summed E-state index contributed by atoms with van der Waals surface area (Å²) in [6.45, 7) is 2.34. The first-order valence-corrected chi connectivity index (χ1v) is 9.45. The highest BCUT2D eigenvalue weighted by atomic mass is 35.5. The summed E-state index contributed by atoms with van der Waals surface area (Å²) < 4.78 is 11.3. The molecule has 4 nitrogen and oxygen atoms in total. The minimum Gasteiger partial charge on any atom is -0.493 e. The van der Waals surface area contributed by atoms with Crippen LogP contribution in [0.4, 0.5) is 0 Å². The predicted octanol–water partition coefficient (Wildman–Crippen LogP) is 4.83. The van der Waals surface area contributed by atoms with E-state index in [1.807, 2.05) is 24.3 Å². The van der Waals surface area contributed by atoms with Crippen molar-refractivity contribution in [1.29, 1.82) is 0 Å². The standard InChI is InChI=1S/C20H25Cl2NO3/c1-25-20-12-15(13-23-9-3-2-4-10-24)6-8-19(20)26-14-16-5-7-17(21)18(22)11-16/h5-8,11-12,23-24H,2-4,9-10,13-14H2,1H3. The fraction of sp³-hybridized carbons (Fsp3) is 0.400. The molecule has 0 aliphatic carbocycles. The number of hydrogen-bond donors (Lipinski definition) is 2. The molecule has 0 aromatic heterocycles. The van der Waals surface area contributed by atoms with Crippen LogP contribution in [0.2, 0.25) is 10.0 Å². The second kappa shape index (κ2) is 11.3. The molecule has 0 heterocycles. The van der Waals surface area contributed by atoms with Gasteiger partial charge >= 0.3 is 0 Å². The lowest BCUT2D eigenvalue weighted by Crippen LogP contribution is -2.14. The van der Waals surface area contributed by atoms with E-state index in [1.54, 1.807) is 19.2 Å². The first kappa shape index (κ1) is 20.8. The normalized spacial score (nSPS) is 10.8. The number of unbranched alkanes of at least 4 members (excludes halogenated alkanes) is 2. The summed E-state index contributed by atoms with van der Waals surface area (Å²) >= 11 is 12.0. The fourth-order valence-electron chi connectivity index (χ4n) is 2.50. The van der Waals surface area contributed by atoms with Crippen LogP contribution < -0.4 is 14.8 Å². The zero-order valence-corrected chi connectivity index (χ0v) is 16.4. The van der Waals surface area contributed by atoms with Crippen molar-refractivity contribution in [2.45, 2.75) is 32.4 Å². The number of benzene rings is 2. The molecule has 0 fully saturated rings. The largest absolute Gasteiger partial charge is 0.493 e. The Morgan fingerprint density at radius 1 is 0.923 bits per heavy atom. The van der Waals surface area contributed by atoms with Gasteiger partial charge in [-0.15, -0.1) is 0 Å². The summed E-state index contributed by atoms with van der Waals surface area (Å²) in [6, 6.07) is 11.4. The highest BCUT2D eigenvalue weighted by Gasteiger charge is 2.07. The molecule has 0 saturated heterocycles. The molecule has 0 amide bonds. The minimum atomic E-state index is 0.265. The van der Waals surface area contributed by atoms with E-state index in [4.69, 9.17) is 37.8 Å². The zero-order valence-electron chi connectivity index (χ0n) is 14.9. The van der Waals surface area contributed by atoms with Crippen LogP contribution in [0.15, 0.2) is 36.4 Å². The van der Waals surface area contributed by atoms with Crippen molar-refractivity contribution in [3.8, 4) is 11.5 Å². The summed E-state index contributed by atoms with van der Waals surface area (Å²) in [5.41, 5.74) is 2.07. The van der Waals surface area contributed by atoms with Crippen LogP contribution in [0.25, 0.3) is 0 Å². The Labute approximate surface area is 165 Å². The third-order valence-corrected chi connectivity index (χ3v) is 4.69. The van der Waals surface area contributed by atoms with Gasteiger partial charge in [0.1, 0.15) is 6.61 Å². The third-order valence-electron chi connectivity index (χ3n) is 3.95. The Balaban J connectivity index is 1.88. The van der Waals surface area contributed by atoms with E-state index in [0.717, 1.165) is 43.5 Å². The first-order chi connectivity index (χ1) is 12.6.